The average molecular weight is 200 g/mol. The second-order valence-corrected chi connectivity index (χ2v) is 2.83. The maximum Gasteiger partial charge on any atom is 0.333 e. The van der Waals surface area contributed by atoms with Crippen molar-refractivity contribution in [2.24, 2.45) is 0 Å². The number of carbonyl (C=O) groups excluding carboxylic acids is 1. The predicted molar refractivity (Wildman–Crippen MR) is 47.6 cm³/mol. The van der Waals surface area contributed by atoms with E-state index in [0.717, 1.165) is 6.92 Å². The van der Waals surface area contributed by atoms with Gasteiger partial charge in [-0.3, -0.25) is 4.79 Å². The summed E-state index contributed by atoms with van der Waals surface area (Å²) in [5, 5.41) is 0. The van der Waals surface area contributed by atoms with Crippen molar-refractivity contribution in [2.45, 2.75) is 12.8 Å². The quantitative estimate of drug-likeness (QED) is 0.748. The Kier molecular flexibility index (Phi) is 2.84. The Hall–Kier alpha value is -1.45. The van der Waals surface area contributed by atoms with Gasteiger partial charge in [0.15, 0.2) is 0 Å². The van der Waals surface area contributed by atoms with Crippen LogP contribution in [-0.2, 0) is 10.7 Å². The molecule has 0 amide bonds. The van der Waals surface area contributed by atoms with Crippen LogP contribution in [0.4, 0.5) is 8.78 Å². The molecule has 0 unspecified atom stereocenters. The average Bonchev–Trinajstić information content (AvgIpc) is 2.17. The van der Waals surface area contributed by atoms with E-state index in [-0.39, 0.29) is 5.75 Å². The molecule has 0 bridgehead atoms. The van der Waals surface area contributed by atoms with Gasteiger partial charge in [0.05, 0.1) is 12.7 Å². The van der Waals surface area contributed by atoms with Crippen LogP contribution in [0.1, 0.15) is 12.5 Å². The van der Waals surface area contributed by atoms with E-state index in [1.165, 1.54) is 25.3 Å². The molecule has 1 rings (SSSR count). The Labute approximate surface area is 80.5 Å². The number of hydrogen-bond acceptors (Lipinski definition) is 2. The Morgan fingerprint density at radius 3 is 2.43 bits per heavy atom. The van der Waals surface area contributed by atoms with Gasteiger partial charge in [0, 0.05) is 6.92 Å². The highest BCUT2D eigenvalue weighted by Crippen LogP contribution is 2.35. The largest absolute Gasteiger partial charge is 0.496 e. The summed E-state index contributed by atoms with van der Waals surface area (Å²) in [6.45, 7) is 0.854. The predicted octanol–water partition coefficient (Wildman–Crippen LogP) is 2.38. The van der Waals surface area contributed by atoms with Gasteiger partial charge in [-0.15, -0.1) is 0 Å². The van der Waals surface area contributed by atoms with Crippen LogP contribution >= 0.6 is 0 Å². The van der Waals surface area contributed by atoms with Crippen molar-refractivity contribution in [1.29, 1.82) is 0 Å². The molecule has 0 N–H and O–H groups in total. The normalized spacial score (nSPS) is 11.1. The van der Waals surface area contributed by atoms with Crippen LogP contribution in [0, 0.1) is 0 Å². The van der Waals surface area contributed by atoms with Crippen LogP contribution in [0.3, 0.4) is 0 Å². The van der Waals surface area contributed by atoms with Gasteiger partial charge in [-0.05, 0) is 12.1 Å². The van der Waals surface area contributed by atoms with E-state index in [4.69, 9.17) is 4.74 Å². The zero-order valence-electron chi connectivity index (χ0n) is 7.88. The van der Waals surface area contributed by atoms with E-state index in [0.29, 0.717) is 0 Å². The molecule has 0 saturated heterocycles. The topological polar surface area (TPSA) is 26.3 Å². The van der Waals surface area contributed by atoms with Crippen molar-refractivity contribution in [3.63, 3.8) is 0 Å². The van der Waals surface area contributed by atoms with Crippen molar-refractivity contribution in [2.75, 3.05) is 7.11 Å². The van der Waals surface area contributed by atoms with Crippen LogP contribution in [-0.4, -0.2) is 12.9 Å². The lowest BCUT2D eigenvalue weighted by Crippen LogP contribution is -2.23. The van der Waals surface area contributed by atoms with Crippen LogP contribution in [0.15, 0.2) is 24.3 Å². The Balaban J connectivity index is 3.24. The van der Waals surface area contributed by atoms with Crippen LogP contribution in [0.5, 0.6) is 5.75 Å². The summed E-state index contributed by atoms with van der Waals surface area (Å²) in [7, 11) is 1.29. The molecule has 1 aromatic rings. The molecule has 14 heavy (non-hydrogen) atoms. The number of ketones is 1. The first kappa shape index (κ1) is 10.6. The van der Waals surface area contributed by atoms with E-state index in [1.807, 2.05) is 0 Å². The standard InChI is InChI=1S/C10H10F2O2/c1-7(13)10(11,12)8-5-3-4-6-9(8)14-2/h3-6H,1-2H3. The van der Waals surface area contributed by atoms with Crippen molar-refractivity contribution < 1.29 is 18.3 Å². The first-order chi connectivity index (χ1) is 6.50. The molecule has 2 nitrogen and oxygen atoms in total. The number of rotatable bonds is 3. The number of halogens is 2. The highest BCUT2D eigenvalue weighted by Gasteiger charge is 2.39. The fourth-order valence-electron chi connectivity index (χ4n) is 1.09. The lowest BCUT2D eigenvalue weighted by atomic mass is 10.0. The molecule has 0 aromatic heterocycles. The number of methoxy groups -OCH3 is 1. The molecule has 76 valence electrons. The monoisotopic (exact) mass is 200 g/mol. The van der Waals surface area contributed by atoms with Crippen molar-refractivity contribution in [3.05, 3.63) is 29.8 Å². The fourth-order valence-corrected chi connectivity index (χ4v) is 1.09. The molecule has 0 saturated carbocycles. The minimum atomic E-state index is -3.48. The number of hydrogen-bond donors (Lipinski definition) is 0. The van der Waals surface area contributed by atoms with Gasteiger partial charge < -0.3 is 4.74 Å². The molecular formula is C10H10F2O2. The van der Waals surface area contributed by atoms with Crippen molar-refractivity contribution in [3.8, 4) is 5.75 Å². The second kappa shape index (κ2) is 3.74. The zero-order chi connectivity index (χ0) is 10.8. The minimum Gasteiger partial charge on any atom is -0.496 e. The van der Waals surface area contributed by atoms with E-state index in [1.54, 1.807) is 6.07 Å². The molecule has 0 radical (unpaired) electrons. The van der Waals surface area contributed by atoms with E-state index in [9.17, 15) is 13.6 Å². The van der Waals surface area contributed by atoms with Gasteiger partial charge in [0.25, 0.3) is 0 Å². The van der Waals surface area contributed by atoms with Crippen molar-refractivity contribution in [1.82, 2.24) is 0 Å². The minimum absolute atomic E-state index is 0.0210. The highest BCUT2D eigenvalue weighted by molar-refractivity contribution is 5.85. The van der Waals surface area contributed by atoms with Gasteiger partial charge in [-0.1, -0.05) is 12.1 Å². The summed E-state index contributed by atoms with van der Waals surface area (Å²) in [5.41, 5.74) is -0.394. The SMILES string of the molecule is COc1ccccc1C(F)(F)C(C)=O. The summed E-state index contributed by atoms with van der Waals surface area (Å²) in [5.74, 6) is -4.65. The summed E-state index contributed by atoms with van der Waals surface area (Å²) in [6, 6.07) is 5.58. The van der Waals surface area contributed by atoms with E-state index in [2.05, 4.69) is 0 Å². The van der Waals surface area contributed by atoms with Crippen LogP contribution in [0.25, 0.3) is 0 Å². The molecule has 0 fully saturated rings. The molecule has 0 aliphatic heterocycles. The molecular weight excluding hydrogens is 190 g/mol. The molecule has 0 aliphatic carbocycles. The number of ether oxygens (including phenoxy) is 1. The number of para-hydroxylation sites is 1. The summed E-state index contributed by atoms with van der Waals surface area (Å²) in [6.07, 6.45) is 0. The molecule has 0 heterocycles. The molecule has 1 aromatic carbocycles. The zero-order valence-corrected chi connectivity index (χ0v) is 7.88. The van der Waals surface area contributed by atoms with Crippen LogP contribution in [0.2, 0.25) is 0 Å². The van der Waals surface area contributed by atoms with Gasteiger partial charge in [-0.25, -0.2) is 0 Å². The summed E-state index contributed by atoms with van der Waals surface area (Å²) < 4.78 is 31.3. The highest BCUT2D eigenvalue weighted by atomic mass is 19.3. The third kappa shape index (κ3) is 1.73. The first-order valence-electron chi connectivity index (χ1n) is 4.02. The smallest absolute Gasteiger partial charge is 0.333 e. The molecule has 4 heteroatoms. The maximum atomic E-state index is 13.3. The van der Waals surface area contributed by atoms with Gasteiger partial charge in [-0.2, -0.15) is 8.78 Å². The van der Waals surface area contributed by atoms with Crippen molar-refractivity contribution >= 4 is 5.78 Å². The number of Topliss-reactive ketones (excluding diaryl/α,β-unsaturated/α-hetero) is 1. The van der Waals surface area contributed by atoms with Gasteiger partial charge >= 0.3 is 5.92 Å². The fraction of sp³-hybridized carbons (Fsp3) is 0.300. The van der Waals surface area contributed by atoms with E-state index < -0.39 is 17.3 Å². The molecule has 0 spiro atoms. The summed E-state index contributed by atoms with van der Waals surface area (Å²) >= 11 is 0. The lowest BCUT2D eigenvalue weighted by Gasteiger charge is -2.15. The third-order valence-corrected chi connectivity index (χ3v) is 1.89. The van der Waals surface area contributed by atoms with Gasteiger partial charge in [0.2, 0.25) is 5.78 Å². The number of benzene rings is 1. The maximum absolute atomic E-state index is 13.3. The summed E-state index contributed by atoms with van der Waals surface area (Å²) in [4.78, 5) is 10.7. The molecule has 0 atom stereocenters. The number of alkyl halides is 2. The van der Waals surface area contributed by atoms with E-state index >= 15 is 0 Å². The Morgan fingerprint density at radius 1 is 1.36 bits per heavy atom. The second-order valence-electron chi connectivity index (χ2n) is 2.83. The lowest BCUT2D eigenvalue weighted by molar-refractivity contribution is -0.142. The Bertz CT molecular complexity index is 348. The number of carbonyl (C=O) groups is 1. The van der Waals surface area contributed by atoms with Gasteiger partial charge in [0.1, 0.15) is 5.75 Å². The molecule has 0 aliphatic rings. The first-order valence-corrected chi connectivity index (χ1v) is 4.02. The van der Waals surface area contributed by atoms with Crippen LogP contribution < -0.4 is 4.74 Å². The Morgan fingerprint density at radius 2 is 1.93 bits per heavy atom. The third-order valence-electron chi connectivity index (χ3n) is 1.89.